The minimum absolute atomic E-state index is 0.148. The lowest BCUT2D eigenvalue weighted by Crippen LogP contribution is -2.38. The first-order valence-corrected chi connectivity index (χ1v) is 8.08. The van der Waals surface area contributed by atoms with Gasteiger partial charge in [-0.3, -0.25) is 4.79 Å². The summed E-state index contributed by atoms with van der Waals surface area (Å²) >= 11 is 0. The molecule has 1 rings (SSSR count). The number of para-hydroxylation sites is 1. The summed E-state index contributed by atoms with van der Waals surface area (Å²) in [5, 5.41) is 5.69. The molecule has 1 aromatic carbocycles. The van der Waals surface area contributed by atoms with Crippen molar-refractivity contribution in [3.63, 3.8) is 0 Å². The second kappa shape index (κ2) is 6.56. The zero-order valence-corrected chi connectivity index (χ0v) is 12.3. The number of hydrogen-bond acceptors (Lipinski definition) is 4. The first-order chi connectivity index (χ1) is 8.86. The largest absolute Gasteiger partial charge is 0.373 e. The van der Waals surface area contributed by atoms with Crippen LogP contribution < -0.4 is 10.6 Å². The van der Waals surface area contributed by atoms with Crippen molar-refractivity contribution in [2.24, 2.45) is 0 Å². The van der Waals surface area contributed by atoms with Crippen molar-refractivity contribution in [1.82, 2.24) is 5.32 Å². The Balaban J connectivity index is 2.86. The molecule has 0 aliphatic carbocycles. The van der Waals surface area contributed by atoms with Crippen molar-refractivity contribution in [2.45, 2.75) is 31.2 Å². The highest BCUT2D eigenvalue weighted by atomic mass is 32.2. The number of carbonyl (C=O) groups is 1. The number of rotatable bonds is 6. The highest BCUT2D eigenvalue weighted by Gasteiger charge is 2.17. The molecule has 0 aliphatic rings. The van der Waals surface area contributed by atoms with Crippen LogP contribution >= 0.6 is 0 Å². The van der Waals surface area contributed by atoms with E-state index in [-0.39, 0.29) is 10.8 Å². The van der Waals surface area contributed by atoms with Crippen LogP contribution in [0, 0.1) is 0 Å². The second-order valence-corrected chi connectivity index (χ2v) is 6.41. The van der Waals surface area contributed by atoms with Crippen LogP contribution in [0.15, 0.2) is 29.2 Å². The van der Waals surface area contributed by atoms with Crippen LogP contribution in [0.3, 0.4) is 0 Å². The molecule has 0 radical (unpaired) electrons. The van der Waals surface area contributed by atoms with E-state index < -0.39 is 15.9 Å². The van der Waals surface area contributed by atoms with Gasteiger partial charge in [0.2, 0.25) is 5.91 Å². The molecular formula is C13H20N2O3S. The van der Waals surface area contributed by atoms with Gasteiger partial charge in [0, 0.05) is 12.8 Å². The molecule has 0 saturated heterocycles. The number of nitrogens with one attached hydrogen (secondary N) is 2. The Morgan fingerprint density at radius 2 is 1.95 bits per heavy atom. The van der Waals surface area contributed by atoms with Crippen LogP contribution in [0.25, 0.3) is 0 Å². The van der Waals surface area contributed by atoms with Gasteiger partial charge < -0.3 is 10.6 Å². The average Bonchev–Trinajstić information content (AvgIpc) is 2.35. The maximum absolute atomic E-state index is 11.7. The topological polar surface area (TPSA) is 75.3 Å². The zero-order valence-electron chi connectivity index (χ0n) is 11.4. The summed E-state index contributed by atoms with van der Waals surface area (Å²) in [7, 11) is -3.32. The van der Waals surface area contributed by atoms with E-state index in [4.69, 9.17) is 0 Å². The van der Waals surface area contributed by atoms with Crippen LogP contribution in [-0.2, 0) is 14.6 Å². The van der Waals surface area contributed by atoms with E-state index in [1.165, 1.54) is 6.07 Å². The lowest BCUT2D eigenvalue weighted by Gasteiger charge is -2.17. The third kappa shape index (κ3) is 4.55. The van der Waals surface area contributed by atoms with E-state index >= 15 is 0 Å². The van der Waals surface area contributed by atoms with E-state index in [1.807, 2.05) is 6.92 Å². The lowest BCUT2D eigenvalue weighted by molar-refractivity contribution is -0.121. The Bertz CT molecular complexity index is 541. The first kappa shape index (κ1) is 15.5. The summed E-state index contributed by atoms with van der Waals surface area (Å²) in [5.41, 5.74) is 0.448. The minimum Gasteiger partial charge on any atom is -0.373 e. The molecule has 0 spiro atoms. The third-order valence-electron chi connectivity index (χ3n) is 2.60. The first-order valence-electron chi connectivity index (χ1n) is 6.19. The van der Waals surface area contributed by atoms with E-state index in [0.29, 0.717) is 12.2 Å². The van der Waals surface area contributed by atoms with Gasteiger partial charge in [0.25, 0.3) is 0 Å². The fraction of sp³-hybridized carbons (Fsp3) is 0.462. The fourth-order valence-electron chi connectivity index (χ4n) is 1.61. The van der Waals surface area contributed by atoms with Gasteiger partial charge >= 0.3 is 0 Å². The van der Waals surface area contributed by atoms with Crippen molar-refractivity contribution in [2.75, 3.05) is 18.1 Å². The molecular weight excluding hydrogens is 264 g/mol. The molecule has 6 heteroatoms. The van der Waals surface area contributed by atoms with Crippen LogP contribution in [-0.4, -0.2) is 33.2 Å². The molecule has 1 unspecified atom stereocenters. The van der Waals surface area contributed by atoms with Crippen LogP contribution in [0.4, 0.5) is 5.69 Å². The Labute approximate surface area is 114 Å². The minimum atomic E-state index is -3.32. The molecule has 1 aromatic rings. The summed E-state index contributed by atoms with van der Waals surface area (Å²) in [4.78, 5) is 11.9. The van der Waals surface area contributed by atoms with E-state index in [2.05, 4.69) is 10.6 Å². The summed E-state index contributed by atoms with van der Waals surface area (Å²) in [6.07, 6.45) is 2.01. The molecule has 5 nitrogen and oxygen atoms in total. The molecule has 0 bridgehead atoms. The predicted molar refractivity (Wildman–Crippen MR) is 75.9 cm³/mol. The summed E-state index contributed by atoms with van der Waals surface area (Å²) in [6, 6.07) is 6.07. The number of sulfone groups is 1. The SMILES string of the molecule is CCCNC(=O)C(C)Nc1ccccc1S(C)(=O)=O. The number of benzene rings is 1. The Morgan fingerprint density at radius 1 is 1.32 bits per heavy atom. The molecule has 0 aliphatic heterocycles. The summed E-state index contributed by atoms with van der Waals surface area (Å²) in [6.45, 7) is 4.28. The quantitative estimate of drug-likeness (QED) is 0.828. The van der Waals surface area contributed by atoms with Gasteiger partial charge in [0.1, 0.15) is 6.04 Å². The maximum Gasteiger partial charge on any atom is 0.242 e. The van der Waals surface area contributed by atoms with Crippen LogP contribution in [0.2, 0.25) is 0 Å². The number of amides is 1. The number of carbonyl (C=O) groups excluding carboxylic acids is 1. The highest BCUT2D eigenvalue weighted by molar-refractivity contribution is 7.90. The molecule has 2 N–H and O–H groups in total. The molecule has 1 atom stereocenters. The molecule has 0 heterocycles. The zero-order chi connectivity index (χ0) is 14.5. The maximum atomic E-state index is 11.7. The molecule has 1 amide bonds. The molecule has 106 valence electrons. The summed E-state index contributed by atoms with van der Waals surface area (Å²) < 4.78 is 23.3. The second-order valence-electron chi connectivity index (χ2n) is 4.43. The number of anilines is 1. The van der Waals surface area contributed by atoms with E-state index in [9.17, 15) is 13.2 Å². The van der Waals surface area contributed by atoms with Gasteiger partial charge in [0.05, 0.1) is 10.6 Å². The van der Waals surface area contributed by atoms with Crippen LogP contribution in [0.1, 0.15) is 20.3 Å². The van der Waals surface area contributed by atoms with Gasteiger partial charge in [-0.05, 0) is 25.5 Å². The predicted octanol–water partition coefficient (Wildman–Crippen LogP) is 1.42. The third-order valence-corrected chi connectivity index (χ3v) is 3.76. The monoisotopic (exact) mass is 284 g/mol. The molecule has 0 saturated carbocycles. The Morgan fingerprint density at radius 3 is 2.53 bits per heavy atom. The normalized spacial score (nSPS) is 12.8. The van der Waals surface area contributed by atoms with Crippen molar-refractivity contribution >= 4 is 21.4 Å². The summed E-state index contributed by atoms with van der Waals surface area (Å²) in [5.74, 6) is -0.148. The fourth-order valence-corrected chi connectivity index (χ4v) is 2.46. The van der Waals surface area contributed by atoms with Crippen molar-refractivity contribution in [3.05, 3.63) is 24.3 Å². The van der Waals surface area contributed by atoms with Gasteiger partial charge in [-0.25, -0.2) is 8.42 Å². The van der Waals surface area contributed by atoms with Gasteiger partial charge in [-0.1, -0.05) is 19.1 Å². The van der Waals surface area contributed by atoms with Crippen LogP contribution in [0.5, 0.6) is 0 Å². The molecule has 19 heavy (non-hydrogen) atoms. The van der Waals surface area contributed by atoms with Crippen molar-refractivity contribution in [1.29, 1.82) is 0 Å². The van der Waals surface area contributed by atoms with Gasteiger partial charge in [-0.2, -0.15) is 0 Å². The smallest absolute Gasteiger partial charge is 0.242 e. The molecule has 0 fully saturated rings. The lowest BCUT2D eigenvalue weighted by atomic mass is 10.2. The number of hydrogen-bond donors (Lipinski definition) is 2. The van der Waals surface area contributed by atoms with E-state index in [1.54, 1.807) is 25.1 Å². The Kier molecular flexibility index (Phi) is 5.35. The van der Waals surface area contributed by atoms with Gasteiger partial charge in [-0.15, -0.1) is 0 Å². The average molecular weight is 284 g/mol. The highest BCUT2D eigenvalue weighted by Crippen LogP contribution is 2.21. The van der Waals surface area contributed by atoms with Crippen molar-refractivity contribution < 1.29 is 13.2 Å². The standard InChI is InChI=1S/C13H20N2O3S/c1-4-9-14-13(16)10(2)15-11-7-5-6-8-12(11)19(3,17)18/h5-8,10,15H,4,9H2,1-3H3,(H,14,16). The van der Waals surface area contributed by atoms with E-state index in [0.717, 1.165) is 12.7 Å². The van der Waals surface area contributed by atoms with Gasteiger partial charge in [0.15, 0.2) is 9.84 Å². The Hall–Kier alpha value is -1.56. The molecule has 0 aromatic heterocycles. The van der Waals surface area contributed by atoms with Crippen molar-refractivity contribution in [3.8, 4) is 0 Å².